The Balaban J connectivity index is 1.80. The third-order valence-electron chi connectivity index (χ3n) is 4.42. The van der Waals surface area contributed by atoms with Gasteiger partial charge in [-0.2, -0.15) is 0 Å². The molecule has 5 heteroatoms. The van der Waals surface area contributed by atoms with E-state index in [2.05, 4.69) is 16.9 Å². The van der Waals surface area contributed by atoms with Crippen LogP contribution in [-0.4, -0.2) is 28.9 Å². The molecule has 0 aliphatic heterocycles. The monoisotopic (exact) mass is 305 g/mol. The minimum atomic E-state index is 0.571. The first-order chi connectivity index (χ1) is 10.2. The third-order valence-corrected chi connectivity index (χ3v) is 5.72. The number of hydrogen-bond acceptors (Lipinski definition) is 4. The molecule has 1 fully saturated rings. The Kier molecular flexibility index (Phi) is 4.40. The van der Waals surface area contributed by atoms with Gasteiger partial charge in [0.1, 0.15) is 5.75 Å². The maximum absolute atomic E-state index is 5.95. The van der Waals surface area contributed by atoms with E-state index in [1.807, 2.05) is 30.0 Å². The quantitative estimate of drug-likeness (QED) is 0.908. The first kappa shape index (κ1) is 14.7. The number of benzene rings is 1. The SMILES string of the molecule is COc1ccc2nc(SC3CC(C)CCC3CN)[nH]c2c1. The number of aromatic amines is 1. The number of H-pyrrole nitrogens is 1. The van der Waals surface area contributed by atoms with Crippen molar-refractivity contribution in [2.45, 2.75) is 36.6 Å². The summed E-state index contributed by atoms with van der Waals surface area (Å²) < 4.78 is 5.26. The molecule has 1 saturated carbocycles. The van der Waals surface area contributed by atoms with Crippen molar-refractivity contribution in [3.05, 3.63) is 18.2 Å². The summed E-state index contributed by atoms with van der Waals surface area (Å²) >= 11 is 1.85. The first-order valence-corrected chi connectivity index (χ1v) is 8.48. The van der Waals surface area contributed by atoms with Crippen molar-refractivity contribution in [2.75, 3.05) is 13.7 Å². The van der Waals surface area contributed by atoms with Gasteiger partial charge in [-0.25, -0.2) is 4.98 Å². The van der Waals surface area contributed by atoms with Gasteiger partial charge >= 0.3 is 0 Å². The van der Waals surface area contributed by atoms with E-state index in [4.69, 9.17) is 10.5 Å². The summed E-state index contributed by atoms with van der Waals surface area (Å²) in [5.41, 5.74) is 7.97. The summed E-state index contributed by atoms with van der Waals surface area (Å²) in [6, 6.07) is 5.94. The fourth-order valence-electron chi connectivity index (χ4n) is 3.10. The van der Waals surface area contributed by atoms with Crippen molar-refractivity contribution in [1.82, 2.24) is 9.97 Å². The minimum Gasteiger partial charge on any atom is -0.497 e. The molecule has 4 nitrogen and oxygen atoms in total. The molecule has 3 atom stereocenters. The van der Waals surface area contributed by atoms with Crippen LogP contribution >= 0.6 is 11.8 Å². The molecule has 3 N–H and O–H groups in total. The molecule has 21 heavy (non-hydrogen) atoms. The highest BCUT2D eigenvalue weighted by atomic mass is 32.2. The summed E-state index contributed by atoms with van der Waals surface area (Å²) in [6.07, 6.45) is 3.77. The third kappa shape index (κ3) is 3.19. The van der Waals surface area contributed by atoms with E-state index in [0.717, 1.165) is 34.4 Å². The van der Waals surface area contributed by atoms with Crippen LogP contribution in [0.4, 0.5) is 0 Å². The number of fused-ring (bicyclic) bond motifs is 1. The average Bonchev–Trinajstić information content (AvgIpc) is 2.88. The topological polar surface area (TPSA) is 63.9 Å². The van der Waals surface area contributed by atoms with E-state index in [1.54, 1.807) is 7.11 Å². The van der Waals surface area contributed by atoms with Crippen molar-refractivity contribution in [3.63, 3.8) is 0 Å². The van der Waals surface area contributed by atoms with Crippen molar-refractivity contribution in [1.29, 1.82) is 0 Å². The number of nitrogens with one attached hydrogen (secondary N) is 1. The maximum atomic E-state index is 5.95. The normalized spacial score (nSPS) is 26.1. The Labute approximate surface area is 129 Å². The second kappa shape index (κ2) is 6.28. The van der Waals surface area contributed by atoms with Crippen LogP contribution in [0, 0.1) is 11.8 Å². The number of nitrogens with two attached hydrogens (primary N) is 1. The number of rotatable bonds is 4. The van der Waals surface area contributed by atoms with Crippen LogP contribution in [-0.2, 0) is 0 Å². The van der Waals surface area contributed by atoms with Gasteiger partial charge in [0.15, 0.2) is 5.16 Å². The molecule has 0 radical (unpaired) electrons. The van der Waals surface area contributed by atoms with Gasteiger partial charge in [0.2, 0.25) is 0 Å². The lowest BCUT2D eigenvalue weighted by atomic mass is 9.82. The number of methoxy groups -OCH3 is 1. The van der Waals surface area contributed by atoms with Crippen molar-refractivity contribution in [3.8, 4) is 5.75 Å². The fraction of sp³-hybridized carbons (Fsp3) is 0.562. The molecule has 1 aromatic carbocycles. The van der Waals surface area contributed by atoms with Crippen molar-refractivity contribution in [2.24, 2.45) is 17.6 Å². The van der Waals surface area contributed by atoms with Crippen LogP contribution in [0.2, 0.25) is 0 Å². The first-order valence-electron chi connectivity index (χ1n) is 7.60. The lowest BCUT2D eigenvalue weighted by Gasteiger charge is -2.33. The van der Waals surface area contributed by atoms with E-state index in [9.17, 15) is 0 Å². The Morgan fingerprint density at radius 3 is 3.05 bits per heavy atom. The summed E-state index contributed by atoms with van der Waals surface area (Å²) in [7, 11) is 1.68. The molecule has 1 aliphatic rings. The second-order valence-corrected chi connectivity index (χ2v) is 7.22. The standard InChI is InChI=1S/C16H23N3OS/c1-10-3-4-11(9-17)15(7-10)21-16-18-13-6-5-12(20-2)8-14(13)19-16/h5-6,8,10-11,15H,3-4,7,9,17H2,1-2H3,(H,18,19). The van der Waals surface area contributed by atoms with E-state index >= 15 is 0 Å². The molecule has 0 saturated heterocycles. The van der Waals surface area contributed by atoms with Gasteiger partial charge in [-0.15, -0.1) is 0 Å². The van der Waals surface area contributed by atoms with Gasteiger partial charge in [-0.3, -0.25) is 0 Å². The fourth-order valence-corrected chi connectivity index (χ4v) is 4.57. The molecule has 1 heterocycles. The van der Waals surface area contributed by atoms with Gasteiger partial charge in [-0.05, 0) is 43.4 Å². The van der Waals surface area contributed by atoms with Gasteiger partial charge in [-0.1, -0.05) is 25.1 Å². The van der Waals surface area contributed by atoms with Crippen LogP contribution < -0.4 is 10.5 Å². The van der Waals surface area contributed by atoms with Gasteiger partial charge in [0.25, 0.3) is 0 Å². The molecule has 3 rings (SSSR count). The van der Waals surface area contributed by atoms with Crippen LogP contribution in [0.5, 0.6) is 5.75 Å². The Morgan fingerprint density at radius 2 is 2.29 bits per heavy atom. The molecular formula is C16H23N3OS. The number of thioether (sulfide) groups is 1. The zero-order valence-corrected chi connectivity index (χ0v) is 13.5. The highest BCUT2D eigenvalue weighted by Crippen LogP contribution is 2.39. The van der Waals surface area contributed by atoms with E-state index < -0.39 is 0 Å². The molecule has 0 amide bonds. The number of aromatic nitrogens is 2. The zero-order chi connectivity index (χ0) is 14.8. The van der Waals surface area contributed by atoms with Crippen molar-refractivity contribution < 1.29 is 4.74 Å². The highest BCUT2D eigenvalue weighted by Gasteiger charge is 2.29. The number of ether oxygens (including phenoxy) is 1. The molecule has 3 unspecified atom stereocenters. The highest BCUT2D eigenvalue weighted by molar-refractivity contribution is 7.99. The Morgan fingerprint density at radius 1 is 1.43 bits per heavy atom. The summed E-state index contributed by atoms with van der Waals surface area (Å²) in [6.45, 7) is 3.11. The van der Waals surface area contributed by atoms with Crippen LogP contribution in [0.25, 0.3) is 11.0 Å². The maximum Gasteiger partial charge on any atom is 0.166 e. The summed E-state index contributed by atoms with van der Waals surface area (Å²) in [5.74, 6) is 2.25. The number of nitrogens with zero attached hydrogens (tertiary/aromatic N) is 1. The average molecular weight is 305 g/mol. The molecule has 0 spiro atoms. The van der Waals surface area contributed by atoms with Crippen LogP contribution in [0.15, 0.2) is 23.4 Å². The molecule has 1 aromatic heterocycles. The lowest BCUT2D eigenvalue weighted by molar-refractivity contribution is 0.306. The van der Waals surface area contributed by atoms with E-state index in [1.165, 1.54) is 19.3 Å². The number of imidazole rings is 1. The summed E-state index contributed by atoms with van der Waals surface area (Å²) in [5, 5.41) is 1.57. The smallest absolute Gasteiger partial charge is 0.166 e. The minimum absolute atomic E-state index is 0.571. The van der Waals surface area contributed by atoms with Crippen LogP contribution in [0.3, 0.4) is 0 Å². The Hall–Kier alpha value is -1.20. The van der Waals surface area contributed by atoms with Gasteiger partial charge in [0, 0.05) is 11.3 Å². The predicted octanol–water partition coefficient (Wildman–Crippen LogP) is 3.43. The molecule has 2 aromatic rings. The molecule has 1 aliphatic carbocycles. The Bertz CT molecular complexity index is 613. The van der Waals surface area contributed by atoms with Crippen molar-refractivity contribution >= 4 is 22.8 Å². The second-order valence-electron chi connectivity index (χ2n) is 6.00. The van der Waals surface area contributed by atoms with E-state index in [0.29, 0.717) is 11.2 Å². The summed E-state index contributed by atoms with van der Waals surface area (Å²) in [4.78, 5) is 8.10. The van der Waals surface area contributed by atoms with Gasteiger partial charge < -0.3 is 15.5 Å². The van der Waals surface area contributed by atoms with Crippen LogP contribution in [0.1, 0.15) is 26.2 Å². The van der Waals surface area contributed by atoms with E-state index in [-0.39, 0.29) is 0 Å². The zero-order valence-electron chi connectivity index (χ0n) is 12.6. The largest absolute Gasteiger partial charge is 0.497 e. The number of hydrogen-bond donors (Lipinski definition) is 2. The predicted molar refractivity (Wildman–Crippen MR) is 87.9 cm³/mol. The molecule has 114 valence electrons. The molecular weight excluding hydrogens is 282 g/mol. The molecule has 0 bridgehead atoms. The lowest BCUT2D eigenvalue weighted by Crippen LogP contribution is -2.31. The van der Waals surface area contributed by atoms with Gasteiger partial charge in [0.05, 0.1) is 18.1 Å².